The highest BCUT2D eigenvalue weighted by Gasteiger charge is 2.26. The van der Waals surface area contributed by atoms with E-state index in [0.717, 1.165) is 0 Å². The largest absolute Gasteiger partial charge is 0.346 e. The van der Waals surface area contributed by atoms with E-state index in [2.05, 4.69) is 0 Å². The van der Waals surface area contributed by atoms with Gasteiger partial charge in [0.15, 0.2) is 0 Å². The van der Waals surface area contributed by atoms with Crippen molar-refractivity contribution in [2.24, 2.45) is 5.73 Å². The molecule has 11 heavy (non-hydrogen) atoms. The molecule has 0 saturated heterocycles. The number of hydrogen-bond donors (Lipinski definition) is 3. The van der Waals surface area contributed by atoms with E-state index in [4.69, 9.17) is 15.5 Å². The molecule has 1 aromatic rings. The zero-order valence-corrected chi connectivity index (χ0v) is 7.26. The summed E-state index contributed by atoms with van der Waals surface area (Å²) >= 11 is 1.36. The van der Waals surface area contributed by atoms with E-state index >= 15 is 0 Å². The summed E-state index contributed by atoms with van der Waals surface area (Å²) in [7, 11) is -4.16. The minimum Gasteiger partial charge on any atom is -0.323 e. The van der Waals surface area contributed by atoms with Gasteiger partial charge in [0, 0.05) is 0 Å². The van der Waals surface area contributed by atoms with Crippen LogP contribution in [0.3, 0.4) is 0 Å². The summed E-state index contributed by atoms with van der Waals surface area (Å²) in [6.45, 7) is 0. The quantitative estimate of drug-likeness (QED) is 0.609. The molecular weight excluding hydrogens is 185 g/mol. The Morgan fingerprint density at radius 2 is 2.27 bits per heavy atom. The van der Waals surface area contributed by atoms with Gasteiger partial charge in [-0.25, -0.2) is 0 Å². The van der Waals surface area contributed by atoms with Gasteiger partial charge in [-0.15, -0.1) is 0 Å². The monoisotopic (exact) mass is 193 g/mol. The Kier molecular flexibility index (Phi) is 2.47. The average molecular weight is 193 g/mol. The Balaban J connectivity index is 2.87. The minimum atomic E-state index is -4.16. The molecule has 6 heteroatoms. The maximum Gasteiger partial charge on any atom is 0.346 e. The topological polar surface area (TPSA) is 83.6 Å². The fourth-order valence-electron chi connectivity index (χ4n) is 0.637. The molecule has 1 heterocycles. The second-order valence-corrected chi connectivity index (χ2v) is 4.61. The van der Waals surface area contributed by atoms with Crippen molar-refractivity contribution >= 4 is 18.9 Å². The molecular formula is C5H8NO3PS. The van der Waals surface area contributed by atoms with Gasteiger partial charge in [-0.3, -0.25) is 4.57 Å². The first-order valence-corrected chi connectivity index (χ1v) is 5.47. The first-order valence-electron chi connectivity index (χ1n) is 2.84. The Morgan fingerprint density at radius 1 is 1.64 bits per heavy atom. The highest BCUT2D eigenvalue weighted by molar-refractivity contribution is 7.52. The molecule has 0 bridgehead atoms. The summed E-state index contributed by atoms with van der Waals surface area (Å²) in [5.74, 6) is -1.17. The van der Waals surface area contributed by atoms with Crippen molar-refractivity contribution in [1.29, 1.82) is 0 Å². The lowest BCUT2D eigenvalue weighted by Crippen LogP contribution is -2.09. The molecule has 1 aromatic heterocycles. The molecule has 0 spiro atoms. The van der Waals surface area contributed by atoms with Crippen LogP contribution in [-0.2, 0) is 4.57 Å². The summed E-state index contributed by atoms with van der Waals surface area (Å²) < 4.78 is 10.6. The molecule has 1 unspecified atom stereocenters. The maximum atomic E-state index is 10.6. The van der Waals surface area contributed by atoms with Crippen molar-refractivity contribution < 1.29 is 14.4 Å². The van der Waals surface area contributed by atoms with Gasteiger partial charge in [0.2, 0.25) is 0 Å². The van der Waals surface area contributed by atoms with Gasteiger partial charge in [0.05, 0.1) is 0 Å². The number of nitrogens with two attached hydrogens (primary N) is 1. The lowest BCUT2D eigenvalue weighted by atomic mass is 10.3. The van der Waals surface area contributed by atoms with Crippen LogP contribution in [0, 0.1) is 0 Å². The van der Waals surface area contributed by atoms with Crippen LogP contribution in [0.4, 0.5) is 0 Å². The van der Waals surface area contributed by atoms with Crippen molar-refractivity contribution in [1.82, 2.24) is 0 Å². The highest BCUT2D eigenvalue weighted by Crippen LogP contribution is 2.48. The molecule has 0 radical (unpaired) electrons. The molecule has 4 nitrogen and oxygen atoms in total. The van der Waals surface area contributed by atoms with Gasteiger partial charge in [-0.05, 0) is 22.4 Å². The van der Waals surface area contributed by atoms with Gasteiger partial charge in [0.1, 0.15) is 5.78 Å². The average Bonchev–Trinajstić information content (AvgIpc) is 2.34. The molecule has 4 N–H and O–H groups in total. The molecule has 0 fully saturated rings. The molecule has 0 aliphatic heterocycles. The Hall–Kier alpha value is -0.190. The number of hydrogen-bond acceptors (Lipinski definition) is 3. The van der Waals surface area contributed by atoms with Crippen LogP contribution >= 0.6 is 18.9 Å². The van der Waals surface area contributed by atoms with Crippen molar-refractivity contribution in [3.8, 4) is 0 Å². The van der Waals surface area contributed by atoms with E-state index in [-0.39, 0.29) is 0 Å². The molecule has 0 aromatic carbocycles. The van der Waals surface area contributed by atoms with Crippen LogP contribution in [0.1, 0.15) is 11.3 Å². The molecule has 0 amide bonds. The Labute approximate surface area is 67.8 Å². The van der Waals surface area contributed by atoms with E-state index in [9.17, 15) is 4.57 Å². The standard InChI is InChI=1S/C5H8NO3PS/c6-5(10(7,8)9)4-1-2-11-3-4/h1-3,5H,6H2,(H2,7,8,9). The summed E-state index contributed by atoms with van der Waals surface area (Å²) in [6.07, 6.45) is 0. The molecule has 0 saturated carbocycles. The van der Waals surface area contributed by atoms with Crippen LogP contribution < -0.4 is 5.73 Å². The molecule has 1 atom stereocenters. The van der Waals surface area contributed by atoms with Crippen LogP contribution in [0.15, 0.2) is 16.8 Å². The summed E-state index contributed by atoms with van der Waals surface area (Å²) in [4.78, 5) is 17.3. The van der Waals surface area contributed by atoms with E-state index in [0.29, 0.717) is 5.56 Å². The zero-order valence-electron chi connectivity index (χ0n) is 5.54. The van der Waals surface area contributed by atoms with Gasteiger partial charge in [-0.1, -0.05) is 0 Å². The second kappa shape index (κ2) is 3.05. The Morgan fingerprint density at radius 3 is 2.64 bits per heavy atom. The van der Waals surface area contributed by atoms with Gasteiger partial charge < -0.3 is 15.5 Å². The lowest BCUT2D eigenvalue weighted by molar-refractivity contribution is 0.360. The molecule has 1 rings (SSSR count). The van der Waals surface area contributed by atoms with Crippen LogP contribution in [0.25, 0.3) is 0 Å². The predicted octanol–water partition coefficient (Wildman–Crippen LogP) is 0.883. The SMILES string of the molecule is NC(c1ccsc1)P(=O)(O)O. The van der Waals surface area contributed by atoms with Crippen LogP contribution in [0.5, 0.6) is 0 Å². The van der Waals surface area contributed by atoms with Crippen LogP contribution in [-0.4, -0.2) is 9.79 Å². The van der Waals surface area contributed by atoms with Gasteiger partial charge in [-0.2, -0.15) is 11.3 Å². The third-order valence-electron chi connectivity index (χ3n) is 1.25. The fraction of sp³-hybridized carbons (Fsp3) is 0.200. The first kappa shape index (κ1) is 8.90. The third-order valence-corrected chi connectivity index (χ3v) is 2.97. The smallest absolute Gasteiger partial charge is 0.323 e. The van der Waals surface area contributed by atoms with Gasteiger partial charge >= 0.3 is 7.60 Å². The van der Waals surface area contributed by atoms with Crippen LogP contribution in [0.2, 0.25) is 0 Å². The van der Waals surface area contributed by atoms with Crippen molar-refractivity contribution in [2.75, 3.05) is 0 Å². The van der Waals surface area contributed by atoms with Crippen molar-refractivity contribution in [3.05, 3.63) is 22.4 Å². The highest BCUT2D eigenvalue weighted by atomic mass is 32.1. The summed E-state index contributed by atoms with van der Waals surface area (Å²) in [6, 6.07) is 1.61. The maximum absolute atomic E-state index is 10.6. The van der Waals surface area contributed by atoms with E-state index in [1.165, 1.54) is 11.3 Å². The van der Waals surface area contributed by atoms with E-state index in [1.807, 2.05) is 0 Å². The number of thiophene rings is 1. The minimum absolute atomic E-state index is 0.489. The Bertz CT molecular complexity index is 267. The zero-order chi connectivity index (χ0) is 8.48. The molecule has 0 aliphatic carbocycles. The van der Waals surface area contributed by atoms with E-state index in [1.54, 1.807) is 16.8 Å². The second-order valence-electron chi connectivity index (χ2n) is 2.09. The summed E-state index contributed by atoms with van der Waals surface area (Å²) in [5.41, 5.74) is 5.75. The van der Waals surface area contributed by atoms with Crippen molar-refractivity contribution in [3.63, 3.8) is 0 Å². The molecule has 0 aliphatic rings. The molecule has 62 valence electrons. The normalized spacial score (nSPS) is 14.8. The van der Waals surface area contributed by atoms with Crippen molar-refractivity contribution in [2.45, 2.75) is 5.78 Å². The lowest BCUT2D eigenvalue weighted by Gasteiger charge is -2.10. The van der Waals surface area contributed by atoms with Gasteiger partial charge in [0.25, 0.3) is 0 Å². The first-order chi connectivity index (χ1) is 5.02. The fourth-order valence-corrected chi connectivity index (χ4v) is 1.98. The third kappa shape index (κ3) is 2.12. The predicted molar refractivity (Wildman–Crippen MR) is 43.3 cm³/mol. The summed E-state index contributed by atoms with van der Waals surface area (Å²) in [5, 5.41) is 3.36. The van der Waals surface area contributed by atoms with E-state index < -0.39 is 13.4 Å². The number of rotatable bonds is 2.